The van der Waals surface area contributed by atoms with Gasteiger partial charge in [-0.25, -0.2) is 4.79 Å². The Bertz CT molecular complexity index is 353. The van der Waals surface area contributed by atoms with E-state index in [0.29, 0.717) is 12.5 Å². The Balaban J connectivity index is 2.37. The second kappa shape index (κ2) is 6.73. The lowest BCUT2D eigenvalue weighted by molar-refractivity contribution is 0.251. The van der Waals surface area contributed by atoms with Crippen LogP contribution in [0, 0.1) is 9.49 Å². The molecule has 16 heavy (non-hydrogen) atoms. The number of anilines is 1. The van der Waals surface area contributed by atoms with Crippen LogP contribution in [-0.4, -0.2) is 12.6 Å². The molecule has 0 aromatic heterocycles. The highest BCUT2D eigenvalue weighted by atomic mass is 127. The molecule has 1 rings (SSSR count). The lowest BCUT2D eigenvalue weighted by Gasteiger charge is -2.09. The monoisotopic (exact) mass is 332 g/mol. The van der Waals surface area contributed by atoms with Gasteiger partial charge in [-0.2, -0.15) is 0 Å². The van der Waals surface area contributed by atoms with E-state index in [0.717, 1.165) is 15.7 Å². The summed E-state index contributed by atoms with van der Waals surface area (Å²) in [6.45, 7) is 4.99. The predicted octanol–water partition coefficient (Wildman–Crippen LogP) is 3.46. The number of nitrogens with one attached hydrogen (secondary N) is 2. The largest absolute Gasteiger partial charge is 0.338 e. The van der Waals surface area contributed by atoms with Crippen LogP contribution in [0.3, 0.4) is 0 Å². The normalized spacial score (nSPS) is 10.2. The Kier molecular flexibility index (Phi) is 5.59. The summed E-state index contributed by atoms with van der Waals surface area (Å²) >= 11 is 2.20. The van der Waals surface area contributed by atoms with E-state index in [4.69, 9.17) is 0 Å². The zero-order valence-corrected chi connectivity index (χ0v) is 11.7. The molecule has 0 aliphatic rings. The van der Waals surface area contributed by atoms with Crippen molar-refractivity contribution in [2.75, 3.05) is 11.9 Å². The zero-order valence-electron chi connectivity index (χ0n) is 9.59. The minimum Gasteiger partial charge on any atom is -0.338 e. The maximum Gasteiger partial charge on any atom is 0.319 e. The van der Waals surface area contributed by atoms with Crippen molar-refractivity contribution in [3.05, 3.63) is 27.8 Å². The zero-order chi connectivity index (χ0) is 12.0. The van der Waals surface area contributed by atoms with Gasteiger partial charge in [0.2, 0.25) is 0 Å². The highest BCUT2D eigenvalue weighted by Crippen LogP contribution is 2.16. The lowest BCUT2D eigenvalue weighted by Crippen LogP contribution is -2.30. The molecule has 0 saturated heterocycles. The number of hydrogen-bond acceptors (Lipinski definition) is 1. The number of carbonyl (C=O) groups is 1. The van der Waals surface area contributed by atoms with E-state index < -0.39 is 0 Å². The number of halogens is 1. The van der Waals surface area contributed by atoms with Gasteiger partial charge in [0.15, 0.2) is 0 Å². The number of carbonyl (C=O) groups excluding carboxylic acids is 1. The molecule has 0 radical (unpaired) electrons. The number of rotatable bonds is 4. The molecule has 0 aliphatic heterocycles. The van der Waals surface area contributed by atoms with Crippen LogP contribution in [0.1, 0.15) is 20.3 Å². The molecule has 1 aromatic rings. The molecular weight excluding hydrogens is 315 g/mol. The van der Waals surface area contributed by atoms with Crippen LogP contribution in [-0.2, 0) is 0 Å². The van der Waals surface area contributed by atoms with Crippen molar-refractivity contribution in [3.63, 3.8) is 0 Å². The first-order valence-corrected chi connectivity index (χ1v) is 6.47. The first kappa shape index (κ1) is 13.3. The fraction of sp³-hybridized carbons (Fsp3) is 0.417. The number of hydrogen-bond donors (Lipinski definition) is 2. The van der Waals surface area contributed by atoms with Crippen molar-refractivity contribution in [3.8, 4) is 0 Å². The van der Waals surface area contributed by atoms with Gasteiger partial charge in [-0.15, -0.1) is 0 Å². The van der Waals surface area contributed by atoms with Gasteiger partial charge in [0.25, 0.3) is 0 Å². The van der Waals surface area contributed by atoms with E-state index in [1.54, 1.807) is 0 Å². The summed E-state index contributed by atoms with van der Waals surface area (Å²) in [7, 11) is 0. The van der Waals surface area contributed by atoms with E-state index in [1.165, 1.54) is 0 Å². The summed E-state index contributed by atoms with van der Waals surface area (Å²) < 4.78 is 1.04. The molecule has 88 valence electrons. The second-order valence-corrected chi connectivity index (χ2v) is 5.21. The molecule has 0 heterocycles. The van der Waals surface area contributed by atoms with Crippen molar-refractivity contribution < 1.29 is 4.79 Å². The Morgan fingerprint density at radius 3 is 2.69 bits per heavy atom. The van der Waals surface area contributed by atoms with Crippen LogP contribution in [0.2, 0.25) is 0 Å². The molecule has 0 bridgehead atoms. The summed E-state index contributed by atoms with van der Waals surface area (Å²) in [6, 6.07) is 7.58. The quantitative estimate of drug-likeness (QED) is 0.815. The van der Waals surface area contributed by atoms with Crippen molar-refractivity contribution >= 4 is 34.3 Å². The van der Waals surface area contributed by atoms with Gasteiger partial charge < -0.3 is 10.6 Å². The first-order valence-electron chi connectivity index (χ1n) is 5.39. The topological polar surface area (TPSA) is 41.1 Å². The van der Waals surface area contributed by atoms with Gasteiger partial charge in [0.05, 0.1) is 5.69 Å². The third-order valence-electron chi connectivity index (χ3n) is 2.13. The maximum atomic E-state index is 11.5. The van der Waals surface area contributed by atoms with Gasteiger partial charge in [0.1, 0.15) is 0 Å². The number of para-hydroxylation sites is 1. The Morgan fingerprint density at radius 1 is 1.38 bits per heavy atom. The summed E-state index contributed by atoms with van der Waals surface area (Å²) in [5.41, 5.74) is 0.852. The Hall–Kier alpha value is -0.780. The SMILES string of the molecule is CC(C)CCNC(=O)Nc1ccccc1I. The molecule has 3 nitrogen and oxygen atoms in total. The van der Waals surface area contributed by atoms with Crippen molar-refractivity contribution in [1.82, 2.24) is 5.32 Å². The van der Waals surface area contributed by atoms with Crippen LogP contribution in [0.25, 0.3) is 0 Å². The van der Waals surface area contributed by atoms with E-state index in [1.807, 2.05) is 24.3 Å². The highest BCUT2D eigenvalue weighted by Gasteiger charge is 2.03. The van der Waals surface area contributed by atoms with Crippen molar-refractivity contribution in [2.24, 2.45) is 5.92 Å². The van der Waals surface area contributed by atoms with Crippen LogP contribution < -0.4 is 10.6 Å². The van der Waals surface area contributed by atoms with Crippen molar-refractivity contribution in [1.29, 1.82) is 0 Å². The van der Waals surface area contributed by atoms with E-state index in [-0.39, 0.29) is 6.03 Å². The molecule has 0 aliphatic carbocycles. The highest BCUT2D eigenvalue weighted by molar-refractivity contribution is 14.1. The van der Waals surface area contributed by atoms with E-state index >= 15 is 0 Å². The van der Waals surface area contributed by atoms with Gasteiger partial charge in [-0.1, -0.05) is 26.0 Å². The molecule has 2 amide bonds. The fourth-order valence-electron chi connectivity index (χ4n) is 1.20. The van der Waals surface area contributed by atoms with Crippen LogP contribution in [0.5, 0.6) is 0 Å². The minimum atomic E-state index is -0.134. The molecule has 0 unspecified atom stereocenters. The van der Waals surface area contributed by atoms with Crippen molar-refractivity contribution in [2.45, 2.75) is 20.3 Å². The van der Waals surface area contributed by atoms with E-state index in [2.05, 4.69) is 47.1 Å². The predicted molar refractivity (Wildman–Crippen MR) is 75.6 cm³/mol. The third-order valence-corrected chi connectivity index (χ3v) is 3.07. The molecule has 0 spiro atoms. The lowest BCUT2D eigenvalue weighted by atomic mass is 10.1. The van der Waals surface area contributed by atoms with Crippen LogP contribution in [0.15, 0.2) is 24.3 Å². The average molecular weight is 332 g/mol. The smallest absolute Gasteiger partial charge is 0.319 e. The maximum absolute atomic E-state index is 11.5. The molecular formula is C12H17IN2O. The van der Waals surface area contributed by atoms with Crippen LogP contribution in [0.4, 0.5) is 10.5 Å². The summed E-state index contributed by atoms with van der Waals surface area (Å²) in [5.74, 6) is 0.608. The Morgan fingerprint density at radius 2 is 2.06 bits per heavy atom. The number of urea groups is 1. The third kappa shape index (κ3) is 4.83. The molecule has 0 atom stereocenters. The number of benzene rings is 1. The van der Waals surface area contributed by atoms with Gasteiger partial charge in [-0.05, 0) is 47.1 Å². The van der Waals surface area contributed by atoms with E-state index in [9.17, 15) is 4.79 Å². The fourth-order valence-corrected chi connectivity index (χ4v) is 1.73. The molecule has 1 aromatic carbocycles. The number of amides is 2. The molecule has 0 saturated carbocycles. The Labute approximate surface area is 110 Å². The van der Waals surface area contributed by atoms with Gasteiger partial charge in [-0.3, -0.25) is 0 Å². The summed E-state index contributed by atoms with van der Waals surface area (Å²) in [5, 5.41) is 5.66. The molecule has 2 N–H and O–H groups in total. The average Bonchev–Trinajstić information content (AvgIpc) is 2.21. The summed E-state index contributed by atoms with van der Waals surface area (Å²) in [4.78, 5) is 11.5. The van der Waals surface area contributed by atoms with Gasteiger partial charge in [0, 0.05) is 10.1 Å². The van der Waals surface area contributed by atoms with Gasteiger partial charge >= 0.3 is 6.03 Å². The second-order valence-electron chi connectivity index (χ2n) is 4.04. The molecule has 4 heteroatoms. The first-order chi connectivity index (χ1) is 7.59. The minimum absolute atomic E-state index is 0.134. The molecule has 0 fully saturated rings. The summed E-state index contributed by atoms with van der Waals surface area (Å²) in [6.07, 6.45) is 0.999. The van der Waals surface area contributed by atoms with Crippen LogP contribution >= 0.6 is 22.6 Å². The standard InChI is InChI=1S/C12H17IN2O/c1-9(2)7-8-14-12(16)15-11-6-4-3-5-10(11)13/h3-6,9H,7-8H2,1-2H3,(H2,14,15,16).